The Morgan fingerprint density at radius 3 is 2.96 bits per heavy atom. The van der Waals surface area contributed by atoms with Crippen molar-refractivity contribution in [2.75, 3.05) is 17.3 Å². The summed E-state index contributed by atoms with van der Waals surface area (Å²) in [5, 5.41) is 3.18. The number of nitrogens with zero attached hydrogens (tertiary/aromatic N) is 4. The maximum absolute atomic E-state index is 12.3. The van der Waals surface area contributed by atoms with Gasteiger partial charge in [-0.2, -0.15) is 4.98 Å². The normalized spacial score (nSPS) is 16.4. The molecule has 4 rings (SSSR count). The Balaban J connectivity index is 1.54. The number of aryl methyl sites for hydroxylation is 1. The SMILES string of the molecule is Cc1cc2oc(NC(=O)Cn3cnc4c3C(=O)C(C)N4C)nc2cc1Cl. The van der Waals surface area contributed by atoms with Crippen molar-refractivity contribution in [1.82, 2.24) is 14.5 Å². The van der Waals surface area contributed by atoms with Crippen molar-refractivity contribution in [3.05, 3.63) is 34.7 Å². The first-order valence-electron chi connectivity index (χ1n) is 8.04. The van der Waals surface area contributed by atoms with E-state index in [-0.39, 0.29) is 30.3 Å². The fraction of sp³-hybridized carbons (Fsp3) is 0.294. The number of fused-ring (bicyclic) bond motifs is 2. The Morgan fingerprint density at radius 2 is 2.19 bits per heavy atom. The lowest BCUT2D eigenvalue weighted by Gasteiger charge is -2.14. The lowest BCUT2D eigenvalue weighted by molar-refractivity contribution is -0.116. The quantitative estimate of drug-likeness (QED) is 0.758. The minimum Gasteiger partial charge on any atom is -0.423 e. The highest BCUT2D eigenvalue weighted by molar-refractivity contribution is 6.32. The van der Waals surface area contributed by atoms with Gasteiger partial charge >= 0.3 is 6.01 Å². The third-order valence-corrected chi connectivity index (χ3v) is 4.98. The highest BCUT2D eigenvalue weighted by Gasteiger charge is 2.36. The Labute approximate surface area is 153 Å². The summed E-state index contributed by atoms with van der Waals surface area (Å²) in [6.45, 7) is 3.60. The van der Waals surface area contributed by atoms with Crippen molar-refractivity contribution in [3.63, 3.8) is 0 Å². The number of nitrogens with one attached hydrogen (secondary N) is 1. The van der Waals surface area contributed by atoms with Crippen LogP contribution < -0.4 is 10.2 Å². The summed E-state index contributed by atoms with van der Waals surface area (Å²) in [4.78, 5) is 34.9. The van der Waals surface area contributed by atoms with Crippen LogP contribution in [0.5, 0.6) is 0 Å². The van der Waals surface area contributed by atoms with Crippen molar-refractivity contribution in [3.8, 4) is 0 Å². The summed E-state index contributed by atoms with van der Waals surface area (Å²) in [7, 11) is 1.80. The van der Waals surface area contributed by atoms with Crippen LogP contribution in [0, 0.1) is 6.92 Å². The van der Waals surface area contributed by atoms with Crippen LogP contribution in [0.3, 0.4) is 0 Å². The topological polar surface area (TPSA) is 93.3 Å². The van der Waals surface area contributed by atoms with Crippen LogP contribution in [0.2, 0.25) is 5.02 Å². The van der Waals surface area contributed by atoms with Gasteiger partial charge < -0.3 is 13.9 Å². The van der Waals surface area contributed by atoms with Gasteiger partial charge in [0, 0.05) is 12.1 Å². The van der Waals surface area contributed by atoms with Crippen LogP contribution in [0.1, 0.15) is 23.0 Å². The van der Waals surface area contributed by atoms with Crippen molar-refractivity contribution >= 4 is 46.2 Å². The third kappa shape index (κ3) is 2.53. The number of benzene rings is 1. The van der Waals surface area contributed by atoms with Gasteiger partial charge in [-0.05, 0) is 31.5 Å². The number of aromatic nitrogens is 3. The van der Waals surface area contributed by atoms with Crippen LogP contribution in [0.25, 0.3) is 11.1 Å². The molecule has 0 fully saturated rings. The van der Waals surface area contributed by atoms with Crippen LogP contribution in [0.15, 0.2) is 22.9 Å². The maximum atomic E-state index is 12.3. The number of hydrogen-bond acceptors (Lipinski definition) is 6. The highest BCUT2D eigenvalue weighted by Crippen LogP contribution is 2.29. The molecular formula is C17H16ClN5O3. The number of amides is 1. The molecule has 0 saturated carbocycles. The number of rotatable bonds is 3. The number of anilines is 2. The first kappa shape index (κ1) is 16.6. The van der Waals surface area contributed by atoms with E-state index < -0.39 is 0 Å². The van der Waals surface area contributed by atoms with Crippen molar-refractivity contribution < 1.29 is 14.0 Å². The molecule has 1 aliphatic rings. The van der Waals surface area contributed by atoms with Gasteiger partial charge in [0.05, 0.1) is 12.4 Å². The number of oxazole rings is 1. The smallest absolute Gasteiger partial charge is 0.302 e. The molecule has 2 aromatic heterocycles. The number of carbonyl (C=O) groups excluding carboxylic acids is 2. The Morgan fingerprint density at radius 1 is 1.42 bits per heavy atom. The van der Waals surface area contributed by atoms with E-state index in [9.17, 15) is 9.59 Å². The molecule has 1 aromatic carbocycles. The first-order chi connectivity index (χ1) is 12.3. The summed E-state index contributed by atoms with van der Waals surface area (Å²) in [5.74, 6) is 0.164. The van der Waals surface area contributed by atoms with Crippen molar-refractivity contribution in [2.45, 2.75) is 26.4 Å². The van der Waals surface area contributed by atoms with Gasteiger partial charge in [-0.1, -0.05) is 11.6 Å². The summed E-state index contributed by atoms with van der Waals surface area (Å²) >= 11 is 6.07. The monoisotopic (exact) mass is 373 g/mol. The van der Waals surface area contributed by atoms with E-state index in [2.05, 4.69) is 15.3 Å². The van der Waals surface area contributed by atoms with E-state index in [4.69, 9.17) is 16.0 Å². The molecule has 1 aliphatic heterocycles. The zero-order valence-corrected chi connectivity index (χ0v) is 15.2. The van der Waals surface area contributed by atoms with Gasteiger partial charge in [0.15, 0.2) is 11.4 Å². The standard InChI is InChI=1S/C17H16ClN5O3/c1-8-4-12-11(5-10(8)18)20-17(26-12)21-13(24)6-23-7-19-16-14(23)15(25)9(2)22(16)3/h4-5,7,9H,6H2,1-3H3,(H,20,21,24). The molecule has 26 heavy (non-hydrogen) atoms. The van der Waals surface area contributed by atoms with E-state index in [1.807, 2.05) is 6.92 Å². The molecule has 1 atom stereocenters. The predicted octanol–water partition coefficient (Wildman–Crippen LogP) is 2.65. The van der Waals surface area contributed by atoms with Crippen LogP contribution >= 0.6 is 11.6 Å². The number of halogens is 1. The molecule has 1 unspecified atom stereocenters. The Bertz CT molecular complexity index is 1020. The second-order valence-corrected chi connectivity index (χ2v) is 6.74. The molecule has 0 spiro atoms. The van der Waals surface area contributed by atoms with E-state index in [0.717, 1.165) is 5.56 Å². The van der Waals surface area contributed by atoms with Crippen LogP contribution in [-0.2, 0) is 11.3 Å². The van der Waals surface area contributed by atoms with Crippen molar-refractivity contribution in [1.29, 1.82) is 0 Å². The zero-order valence-electron chi connectivity index (χ0n) is 14.4. The number of likely N-dealkylation sites (N-methyl/N-ethyl adjacent to an activating group) is 1. The Hall–Kier alpha value is -2.87. The second kappa shape index (κ2) is 5.84. The minimum atomic E-state index is -0.366. The molecule has 9 heteroatoms. The predicted molar refractivity (Wildman–Crippen MR) is 96.8 cm³/mol. The van der Waals surface area contributed by atoms with Gasteiger partial charge in [-0.3, -0.25) is 14.9 Å². The molecule has 3 heterocycles. The average molecular weight is 374 g/mol. The van der Waals surface area contributed by atoms with Crippen LogP contribution in [-0.4, -0.2) is 39.3 Å². The van der Waals surface area contributed by atoms with E-state index in [1.165, 1.54) is 10.9 Å². The molecule has 0 bridgehead atoms. The summed E-state index contributed by atoms with van der Waals surface area (Å²) in [6, 6.07) is 3.25. The van der Waals surface area contributed by atoms with E-state index in [0.29, 0.717) is 27.6 Å². The highest BCUT2D eigenvalue weighted by atomic mass is 35.5. The van der Waals surface area contributed by atoms with Gasteiger partial charge in [-0.15, -0.1) is 0 Å². The Kier molecular flexibility index (Phi) is 3.73. The summed E-state index contributed by atoms with van der Waals surface area (Å²) < 4.78 is 7.08. The molecular weight excluding hydrogens is 358 g/mol. The summed E-state index contributed by atoms with van der Waals surface area (Å²) in [6.07, 6.45) is 1.49. The molecule has 0 aliphatic carbocycles. The fourth-order valence-electron chi connectivity index (χ4n) is 2.98. The summed E-state index contributed by atoms with van der Waals surface area (Å²) in [5.41, 5.74) is 2.40. The van der Waals surface area contributed by atoms with Crippen molar-refractivity contribution in [2.24, 2.45) is 0 Å². The number of Topliss-reactive ketones (excluding diaryl/α,β-unsaturated/α-hetero) is 1. The fourth-order valence-corrected chi connectivity index (χ4v) is 3.13. The molecule has 0 saturated heterocycles. The molecule has 134 valence electrons. The largest absolute Gasteiger partial charge is 0.423 e. The van der Waals surface area contributed by atoms with Gasteiger partial charge in [0.25, 0.3) is 0 Å². The van der Waals surface area contributed by atoms with Crippen LogP contribution in [0.4, 0.5) is 11.8 Å². The second-order valence-electron chi connectivity index (χ2n) is 6.33. The number of ketones is 1. The average Bonchev–Trinajstić information content (AvgIpc) is 3.21. The molecule has 0 radical (unpaired) electrons. The number of imidazole rings is 1. The number of carbonyl (C=O) groups is 2. The van der Waals surface area contributed by atoms with E-state index >= 15 is 0 Å². The van der Waals surface area contributed by atoms with Gasteiger partial charge in [-0.25, -0.2) is 4.98 Å². The minimum absolute atomic E-state index is 0.0558. The maximum Gasteiger partial charge on any atom is 0.302 e. The molecule has 1 amide bonds. The van der Waals surface area contributed by atoms with E-state index in [1.54, 1.807) is 31.0 Å². The molecule has 3 aromatic rings. The lowest BCUT2D eigenvalue weighted by Crippen LogP contribution is -2.29. The lowest BCUT2D eigenvalue weighted by atomic mass is 10.2. The van der Waals surface area contributed by atoms with Gasteiger partial charge in [0.2, 0.25) is 11.7 Å². The first-order valence-corrected chi connectivity index (χ1v) is 8.41. The number of hydrogen-bond donors (Lipinski definition) is 1. The third-order valence-electron chi connectivity index (χ3n) is 4.58. The molecule has 8 nitrogen and oxygen atoms in total. The van der Waals surface area contributed by atoms with Gasteiger partial charge in [0.1, 0.15) is 17.8 Å². The molecule has 1 N–H and O–H groups in total. The zero-order chi connectivity index (χ0) is 18.6.